The van der Waals surface area contributed by atoms with E-state index in [-0.39, 0.29) is 15.8 Å². The first-order valence-electron chi connectivity index (χ1n) is 7.05. The summed E-state index contributed by atoms with van der Waals surface area (Å²) < 4.78 is 0. The number of nitrogens with zero attached hydrogens (tertiary/aromatic N) is 2. The molecule has 0 N–H and O–H groups in total. The van der Waals surface area contributed by atoms with E-state index in [1.165, 1.54) is 12.1 Å². The zero-order valence-corrected chi connectivity index (χ0v) is 13.4. The summed E-state index contributed by atoms with van der Waals surface area (Å²) in [5.41, 5.74) is 1.52. The van der Waals surface area contributed by atoms with Crippen molar-refractivity contribution in [1.82, 2.24) is 0 Å². The molecule has 0 aliphatic carbocycles. The largest absolute Gasteiger partial charge is 0.298 e. The molecule has 24 heavy (non-hydrogen) atoms. The first-order chi connectivity index (χ1) is 11.5. The van der Waals surface area contributed by atoms with E-state index in [2.05, 4.69) is 0 Å². The van der Waals surface area contributed by atoms with E-state index in [0.29, 0.717) is 16.8 Å². The van der Waals surface area contributed by atoms with Gasteiger partial charge in [0.1, 0.15) is 0 Å². The highest BCUT2D eigenvalue weighted by Crippen LogP contribution is 2.36. The number of carbonyl (C=O) groups excluding carboxylic acids is 2. The van der Waals surface area contributed by atoms with E-state index in [0.717, 1.165) is 16.7 Å². The number of carbonyl (C=O) groups is 2. The molecule has 1 aliphatic heterocycles. The summed E-state index contributed by atoms with van der Waals surface area (Å²) in [7, 11) is 0. The quantitative estimate of drug-likeness (QED) is 0.476. The van der Waals surface area contributed by atoms with Crippen LogP contribution in [0.1, 0.15) is 11.1 Å². The van der Waals surface area contributed by atoms with Crippen molar-refractivity contribution in [3.8, 4) is 0 Å². The summed E-state index contributed by atoms with van der Waals surface area (Å²) in [6.45, 7) is 1.64. The molecule has 1 aliphatic rings. The lowest BCUT2D eigenvalue weighted by Gasteiger charge is -2.11. The number of nitro benzene ring substituents is 1. The second-order valence-electron chi connectivity index (χ2n) is 5.16. The van der Waals surface area contributed by atoms with Crippen LogP contribution in [0.25, 0.3) is 6.08 Å². The van der Waals surface area contributed by atoms with Crippen LogP contribution in [-0.2, 0) is 4.79 Å². The van der Waals surface area contributed by atoms with Crippen LogP contribution >= 0.6 is 11.8 Å². The predicted octanol–water partition coefficient (Wildman–Crippen LogP) is 4.14. The molecule has 2 aromatic rings. The standard InChI is InChI=1S/C17H12N2O4S/c1-11-7-8-12(9-14(11)19(22)23)10-15-16(20)18(17(21)24-15)13-5-3-2-4-6-13/h2-10H,1H3/b15-10-. The van der Waals surface area contributed by atoms with Gasteiger partial charge in [0, 0.05) is 11.6 Å². The Hall–Kier alpha value is -2.93. The Kier molecular flexibility index (Phi) is 4.18. The maximum Gasteiger partial charge on any atom is 0.298 e. The number of amides is 2. The molecule has 7 heteroatoms. The first kappa shape index (κ1) is 15.9. The lowest BCUT2D eigenvalue weighted by molar-refractivity contribution is -0.385. The summed E-state index contributed by atoms with van der Waals surface area (Å²) in [6, 6.07) is 13.3. The fourth-order valence-corrected chi connectivity index (χ4v) is 3.17. The van der Waals surface area contributed by atoms with Gasteiger partial charge in [0.05, 0.1) is 15.5 Å². The van der Waals surface area contributed by atoms with E-state index in [1.54, 1.807) is 49.4 Å². The van der Waals surface area contributed by atoms with Crippen LogP contribution in [0, 0.1) is 17.0 Å². The van der Waals surface area contributed by atoms with Crippen molar-refractivity contribution in [1.29, 1.82) is 0 Å². The molecule has 1 heterocycles. The third-order valence-corrected chi connectivity index (χ3v) is 4.41. The van der Waals surface area contributed by atoms with E-state index in [9.17, 15) is 19.7 Å². The number of anilines is 1. The van der Waals surface area contributed by atoms with Crippen LogP contribution < -0.4 is 4.90 Å². The molecular weight excluding hydrogens is 328 g/mol. The van der Waals surface area contributed by atoms with Crippen LogP contribution in [0.5, 0.6) is 0 Å². The third kappa shape index (κ3) is 2.93. The molecule has 1 saturated heterocycles. The summed E-state index contributed by atoms with van der Waals surface area (Å²) in [4.78, 5) is 36.5. The first-order valence-corrected chi connectivity index (χ1v) is 7.87. The average Bonchev–Trinajstić information content (AvgIpc) is 2.83. The number of benzene rings is 2. The molecule has 0 saturated carbocycles. The molecule has 0 bridgehead atoms. The Morgan fingerprint density at radius 2 is 1.83 bits per heavy atom. The van der Waals surface area contributed by atoms with Crippen molar-refractivity contribution in [3.63, 3.8) is 0 Å². The Balaban J connectivity index is 1.95. The smallest absolute Gasteiger partial charge is 0.268 e. The monoisotopic (exact) mass is 340 g/mol. The van der Waals surface area contributed by atoms with Crippen molar-refractivity contribution < 1.29 is 14.5 Å². The highest BCUT2D eigenvalue weighted by atomic mass is 32.2. The number of hydrogen-bond acceptors (Lipinski definition) is 5. The van der Waals surface area contributed by atoms with Crippen LogP contribution in [0.3, 0.4) is 0 Å². The molecular formula is C17H12N2O4S. The number of para-hydroxylation sites is 1. The van der Waals surface area contributed by atoms with Gasteiger partial charge in [-0.3, -0.25) is 19.7 Å². The zero-order chi connectivity index (χ0) is 17.3. The number of nitro groups is 1. The van der Waals surface area contributed by atoms with Crippen LogP contribution in [0.15, 0.2) is 53.4 Å². The summed E-state index contributed by atoms with van der Waals surface area (Å²) in [5.74, 6) is -0.431. The maximum atomic E-state index is 12.5. The highest BCUT2D eigenvalue weighted by molar-refractivity contribution is 8.19. The molecule has 2 aromatic carbocycles. The molecule has 0 aromatic heterocycles. The fourth-order valence-electron chi connectivity index (χ4n) is 2.33. The van der Waals surface area contributed by atoms with E-state index >= 15 is 0 Å². The summed E-state index contributed by atoms with van der Waals surface area (Å²) in [6.07, 6.45) is 1.50. The van der Waals surface area contributed by atoms with E-state index in [4.69, 9.17) is 0 Å². The maximum absolute atomic E-state index is 12.5. The molecule has 120 valence electrons. The minimum atomic E-state index is -0.470. The molecule has 6 nitrogen and oxygen atoms in total. The molecule has 3 rings (SSSR count). The number of thioether (sulfide) groups is 1. The minimum absolute atomic E-state index is 0.0222. The van der Waals surface area contributed by atoms with Gasteiger partial charge in [-0.2, -0.15) is 0 Å². The van der Waals surface area contributed by atoms with Gasteiger partial charge in [-0.25, -0.2) is 4.90 Å². The minimum Gasteiger partial charge on any atom is -0.268 e. The van der Waals surface area contributed by atoms with Crippen molar-refractivity contribution in [2.45, 2.75) is 6.92 Å². The SMILES string of the molecule is Cc1ccc(/C=C2\SC(=O)N(c3ccccc3)C2=O)cc1[N+](=O)[O-]. The van der Waals surface area contributed by atoms with Gasteiger partial charge in [-0.1, -0.05) is 30.3 Å². The Morgan fingerprint density at radius 3 is 2.50 bits per heavy atom. The summed E-state index contributed by atoms with van der Waals surface area (Å²) >= 11 is 0.819. The van der Waals surface area contributed by atoms with Gasteiger partial charge in [-0.05, 0) is 42.5 Å². The van der Waals surface area contributed by atoms with Gasteiger partial charge in [0.15, 0.2) is 0 Å². The van der Waals surface area contributed by atoms with Crippen LogP contribution in [-0.4, -0.2) is 16.1 Å². The van der Waals surface area contributed by atoms with Gasteiger partial charge in [-0.15, -0.1) is 0 Å². The Morgan fingerprint density at radius 1 is 1.12 bits per heavy atom. The van der Waals surface area contributed by atoms with Gasteiger partial charge >= 0.3 is 0 Å². The number of aryl methyl sites for hydroxylation is 1. The second kappa shape index (κ2) is 6.29. The number of hydrogen-bond donors (Lipinski definition) is 0. The van der Waals surface area contributed by atoms with Crippen LogP contribution in [0.2, 0.25) is 0 Å². The lowest BCUT2D eigenvalue weighted by Crippen LogP contribution is -2.27. The fraction of sp³-hybridized carbons (Fsp3) is 0.0588. The van der Waals surface area contributed by atoms with Crippen molar-refractivity contribution >= 4 is 40.4 Å². The zero-order valence-electron chi connectivity index (χ0n) is 12.6. The number of imide groups is 1. The van der Waals surface area contributed by atoms with Crippen molar-refractivity contribution in [2.24, 2.45) is 0 Å². The average molecular weight is 340 g/mol. The Bertz CT molecular complexity index is 877. The van der Waals surface area contributed by atoms with Gasteiger partial charge in [0.2, 0.25) is 0 Å². The molecule has 0 atom stereocenters. The molecule has 0 unspecified atom stereocenters. The van der Waals surface area contributed by atoms with Crippen molar-refractivity contribution in [3.05, 3.63) is 74.7 Å². The van der Waals surface area contributed by atoms with Crippen LogP contribution in [0.4, 0.5) is 16.2 Å². The highest BCUT2D eigenvalue weighted by Gasteiger charge is 2.36. The second-order valence-corrected chi connectivity index (χ2v) is 6.15. The lowest BCUT2D eigenvalue weighted by atomic mass is 10.1. The molecule has 2 amide bonds. The topological polar surface area (TPSA) is 80.5 Å². The van der Waals surface area contributed by atoms with E-state index in [1.807, 2.05) is 0 Å². The van der Waals surface area contributed by atoms with Gasteiger partial charge < -0.3 is 0 Å². The van der Waals surface area contributed by atoms with Crippen molar-refractivity contribution in [2.75, 3.05) is 4.90 Å². The Labute approximate surface area is 141 Å². The third-order valence-electron chi connectivity index (χ3n) is 3.54. The normalized spacial score (nSPS) is 16.0. The molecule has 0 radical (unpaired) electrons. The molecule has 0 spiro atoms. The van der Waals surface area contributed by atoms with Gasteiger partial charge in [0.25, 0.3) is 16.8 Å². The number of rotatable bonds is 3. The van der Waals surface area contributed by atoms with E-state index < -0.39 is 10.8 Å². The summed E-state index contributed by atoms with van der Waals surface area (Å²) in [5, 5.41) is 10.6. The predicted molar refractivity (Wildman–Crippen MR) is 92.7 cm³/mol. The molecule has 1 fully saturated rings.